The first-order valence-corrected chi connectivity index (χ1v) is 10.9. The van der Waals surface area contributed by atoms with Crippen LogP contribution in [0, 0.1) is 5.82 Å². The van der Waals surface area contributed by atoms with E-state index in [1.54, 1.807) is 24.3 Å². The van der Waals surface area contributed by atoms with Crippen LogP contribution in [0.1, 0.15) is 28.0 Å². The second-order valence-corrected chi connectivity index (χ2v) is 8.29. The summed E-state index contributed by atoms with van der Waals surface area (Å²) in [5.41, 5.74) is 0.761. The lowest BCUT2D eigenvalue weighted by Gasteiger charge is -2.22. The van der Waals surface area contributed by atoms with Gasteiger partial charge in [-0.2, -0.15) is 0 Å². The molecule has 1 saturated heterocycles. The lowest BCUT2D eigenvalue weighted by molar-refractivity contribution is -0.134. The van der Waals surface area contributed by atoms with Crippen LogP contribution < -0.4 is 16.0 Å². The molecule has 1 aliphatic heterocycles. The number of nitrogens with one attached hydrogen (secondary N) is 3. The number of imide groups is 1. The summed E-state index contributed by atoms with van der Waals surface area (Å²) in [6.45, 7) is -0.571. The standard InChI is InChI=1S/C25H20FN5O4/c26-16-8-9-18(29-22(33)19-7-3-4-12-27-19)20(13-16)28-21(32)14-31-23(34)25(30-24(31)35)11-10-15-5-1-2-6-17(15)25/h1-9,12-13H,10-11,14H2,(H,28,32)(H,29,33)(H,30,35). The van der Waals surface area contributed by atoms with Crippen molar-refractivity contribution in [3.05, 3.63) is 89.5 Å². The third-order valence-corrected chi connectivity index (χ3v) is 6.13. The van der Waals surface area contributed by atoms with E-state index in [0.717, 1.165) is 28.2 Å². The van der Waals surface area contributed by atoms with Gasteiger partial charge in [-0.15, -0.1) is 0 Å². The summed E-state index contributed by atoms with van der Waals surface area (Å²) in [5.74, 6) is -2.43. The van der Waals surface area contributed by atoms with Crippen molar-refractivity contribution in [2.45, 2.75) is 18.4 Å². The number of halogens is 1. The maximum atomic E-state index is 13.9. The fourth-order valence-electron chi connectivity index (χ4n) is 4.48. The topological polar surface area (TPSA) is 121 Å². The first-order valence-electron chi connectivity index (χ1n) is 10.9. The molecule has 3 aromatic rings. The van der Waals surface area contributed by atoms with Gasteiger partial charge >= 0.3 is 6.03 Å². The predicted molar refractivity (Wildman–Crippen MR) is 124 cm³/mol. The Morgan fingerprint density at radius 1 is 1.03 bits per heavy atom. The van der Waals surface area contributed by atoms with Crippen molar-refractivity contribution in [3.8, 4) is 0 Å². The number of rotatable bonds is 5. The van der Waals surface area contributed by atoms with Gasteiger partial charge in [0.05, 0.1) is 11.4 Å². The van der Waals surface area contributed by atoms with Gasteiger partial charge in [-0.3, -0.25) is 24.3 Å². The zero-order valence-electron chi connectivity index (χ0n) is 18.4. The molecular weight excluding hydrogens is 453 g/mol. The van der Waals surface area contributed by atoms with Crippen molar-refractivity contribution >= 4 is 35.1 Å². The summed E-state index contributed by atoms with van der Waals surface area (Å²) in [7, 11) is 0. The molecule has 1 fully saturated rings. The number of urea groups is 1. The van der Waals surface area contributed by atoms with Gasteiger partial charge in [0.15, 0.2) is 0 Å². The minimum Gasteiger partial charge on any atom is -0.323 e. The number of aromatic nitrogens is 1. The number of aryl methyl sites for hydroxylation is 1. The zero-order chi connectivity index (χ0) is 24.6. The summed E-state index contributed by atoms with van der Waals surface area (Å²) < 4.78 is 13.9. The minimum atomic E-state index is -1.19. The van der Waals surface area contributed by atoms with E-state index in [4.69, 9.17) is 0 Å². The predicted octanol–water partition coefficient (Wildman–Crippen LogP) is 2.81. The van der Waals surface area contributed by atoms with Gasteiger partial charge < -0.3 is 16.0 Å². The SMILES string of the molecule is O=C(CN1C(=O)NC2(CCc3ccccc32)C1=O)Nc1cc(F)ccc1NC(=O)c1ccccn1. The van der Waals surface area contributed by atoms with Crippen molar-refractivity contribution in [3.63, 3.8) is 0 Å². The average Bonchev–Trinajstić information content (AvgIpc) is 3.34. The number of pyridine rings is 1. The summed E-state index contributed by atoms with van der Waals surface area (Å²) in [6, 6.07) is 15.0. The van der Waals surface area contributed by atoms with E-state index in [9.17, 15) is 23.6 Å². The molecule has 2 heterocycles. The molecule has 5 rings (SSSR count). The van der Waals surface area contributed by atoms with Crippen LogP contribution in [0.15, 0.2) is 66.9 Å². The lowest BCUT2D eigenvalue weighted by atomic mass is 9.92. The molecular formula is C25H20FN5O4. The molecule has 1 aliphatic carbocycles. The van der Waals surface area contributed by atoms with E-state index in [2.05, 4.69) is 20.9 Å². The summed E-state index contributed by atoms with van der Waals surface area (Å²) in [6.07, 6.45) is 2.49. The fourth-order valence-corrected chi connectivity index (χ4v) is 4.48. The van der Waals surface area contributed by atoms with E-state index in [-0.39, 0.29) is 17.1 Å². The number of benzene rings is 2. The van der Waals surface area contributed by atoms with Crippen LogP contribution in [0.5, 0.6) is 0 Å². The van der Waals surface area contributed by atoms with E-state index >= 15 is 0 Å². The normalized spacial score (nSPS) is 18.4. The molecule has 3 N–H and O–H groups in total. The van der Waals surface area contributed by atoms with E-state index in [1.165, 1.54) is 18.3 Å². The minimum absolute atomic E-state index is 0.0211. The fraction of sp³-hybridized carbons (Fsp3) is 0.160. The van der Waals surface area contributed by atoms with E-state index in [1.807, 2.05) is 12.1 Å². The highest BCUT2D eigenvalue weighted by molar-refractivity contribution is 6.11. The summed E-state index contributed by atoms with van der Waals surface area (Å²) >= 11 is 0. The third kappa shape index (κ3) is 3.99. The Labute approximate surface area is 199 Å². The quantitative estimate of drug-likeness (QED) is 0.492. The second-order valence-electron chi connectivity index (χ2n) is 8.29. The van der Waals surface area contributed by atoms with Gasteiger partial charge in [0.25, 0.3) is 11.8 Å². The Kier molecular flexibility index (Phi) is 5.48. The number of carbonyl (C=O) groups excluding carboxylic acids is 4. The van der Waals surface area contributed by atoms with Crippen LogP contribution >= 0.6 is 0 Å². The van der Waals surface area contributed by atoms with Crippen molar-refractivity contribution in [2.24, 2.45) is 0 Å². The second kappa shape index (κ2) is 8.64. The number of hydrogen-bond acceptors (Lipinski definition) is 5. The molecule has 1 aromatic heterocycles. The first kappa shape index (κ1) is 22.2. The highest BCUT2D eigenvalue weighted by Crippen LogP contribution is 2.41. The first-order chi connectivity index (χ1) is 16.9. The molecule has 2 aliphatic rings. The van der Waals surface area contributed by atoms with Gasteiger partial charge in [-0.25, -0.2) is 9.18 Å². The van der Waals surface area contributed by atoms with Crippen LogP contribution in [0.3, 0.4) is 0 Å². The molecule has 0 bridgehead atoms. The number of hydrogen-bond donors (Lipinski definition) is 3. The maximum Gasteiger partial charge on any atom is 0.325 e. The maximum absolute atomic E-state index is 13.9. The molecule has 1 spiro atoms. The Morgan fingerprint density at radius 2 is 1.83 bits per heavy atom. The molecule has 5 amide bonds. The van der Waals surface area contributed by atoms with Crippen LogP contribution in [0.25, 0.3) is 0 Å². The van der Waals surface area contributed by atoms with Gasteiger partial charge in [0.1, 0.15) is 23.6 Å². The molecule has 1 unspecified atom stereocenters. The number of nitrogens with zero attached hydrogens (tertiary/aromatic N) is 2. The number of carbonyl (C=O) groups is 4. The third-order valence-electron chi connectivity index (χ3n) is 6.13. The van der Waals surface area contributed by atoms with Crippen molar-refractivity contribution in [1.82, 2.24) is 15.2 Å². The molecule has 176 valence electrons. The Morgan fingerprint density at radius 3 is 2.63 bits per heavy atom. The number of amides is 5. The van der Waals surface area contributed by atoms with Crippen LogP contribution in [-0.2, 0) is 21.5 Å². The van der Waals surface area contributed by atoms with Crippen LogP contribution in [-0.4, -0.2) is 40.2 Å². The summed E-state index contributed by atoms with van der Waals surface area (Å²) in [5, 5.41) is 7.82. The zero-order valence-corrected chi connectivity index (χ0v) is 18.4. The highest BCUT2D eigenvalue weighted by atomic mass is 19.1. The summed E-state index contributed by atoms with van der Waals surface area (Å²) in [4.78, 5) is 56.0. The number of anilines is 2. The number of fused-ring (bicyclic) bond motifs is 2. The van der Waals surface area contributed by atoms with Crippen LogP contribution in [0.4, 0.5) is 20.6 Å². The molecule has 9 nitrogen and oxygen atoms in total. The monoisotopic (exact) mass is 473 g/mol. The molecule has 1 atom stereocenters. The Bertz CT molecular complexity index is 1360. The van der Waals surface area contributed by atoms with Crippen molar-refractivity contribution in [1.29, 1.82) is 0 Å². The largest absolute Gasteiger partial charge is 0.325 e. The van der Waals surface area contributed by atoms with Gasteiger partial charge in [0, 0.05) is 6.20 Å². The average molecular weight is 473 g/mol. The van der Waals surface area contributed by atoms with E-state index in [0.29, 0.717) is 12.8 Å². The molecule has 0 radical (unpaired) electrons. The molecule has 0 saturated carbocycles. The molecule has 35 heavy (non-hydrogen) atoms. The highest BCUT2D eigenvalue weighted by Gasteiger charge is 2.55. The van der Waals surface area contributed by atoms with Gasteiger partial charge in [-0.05, 0) is 54.3 Å². The van der Waals surface area contributed by atoms with E-state index < -0.39 is 41.7 Å². The van der Waals surface area contributed by atoms with Crippen molar-refractivity contribution < 1.29 is 23.6 Å². The Hall–Kier alpha value is -4.60. The Balaban J connectivity index is 1.32. The smallest absolute Gasteiger partial charge is 0.323 e. The lowest BCUT2D eigenvalue weighted by Crippen LogP contribution is -2.43. The van der Waals surface area contributed by atoms with Gasteiger partial charge in [0.2, 0.25) is 5.91 Å². The molecule has 2 aromatic carbocycles. The van der Waals surface area contributed by atoms with Gasteiger partial charge in [-0.1, -0.05) is 30.3 Å². The van der Waals surface area contributed by atoms with Crippen molar-refractivity contribution in [2.75, 3.05) is 17.2 Å². The van der Waals surface area contributed by atoms with Crippen LogP contribution in [0.2, 0.25) is 0 Å². The molecule has 10 heteroatoms.